The predicted molar refractivity (Wildman–Crippen MR) is 59.3 cm³/mol. The van der Waals surface area contributed by atoms with Gasteiger partial charge in [0.2, 0.25) is 0 Å². The van der Waals surface area contributed by atoms with Crippen LogP contribution in [0.25, 0.3) is 0 Å². The van der Waals surface area contributed by atoms with Crippen molar-refractivity contribution in [2.45, 2.75) is 19.6 Å². The Balaban J connectivity index is 2.57. The van der Waals surface area contributed by atoms with Crippen molar-refractivity contribution in [3.8, 4) is 0 Å². The Labute approximate surface area is 85.3 Å². The van der Waals surface area contributed by atoms with Crippen molar-refractivity contribution in [3.63, 3.8) is 0 Å². The summed E-state index contributed by atoms with van der Waals surface area (Å²) >= 11 is 0. The molecule has 0 aliphatic rings. The molecule has 14 heavy (non-hydrogen) atoms. The molecule has 3 N–H and O–H groups in total. The number of hydrogen-bond acceptors (Lipinski definition) is 3. The van der Waals surface area contributed by atoms with E-state index in [2.05, 4.69) is 5.32 Å². The minimum Gasteiger partial charge on any atom is -0.382 e. The second kappa shape index (κ2) is 5.62. The van der Waals surface area contributed by atoms with Crippen molar-refractivity contribution < 1.29 is 4.74 Å². The maximum Gasteiger partial charge on any atom is 0.0715 e. The molecule has 0 spiro atoms. The van der Waals surface area contributed by atoms with Gasteiger partial charge in [0, 0.05) is 25.9 Å². The highest BCUT2D eigenvalue weighted by Gasteiger charge is 2.01. The lowest BCUT2D eigenvalue weighted by Gasteiger charge is -2.14. The Hall–Kier alpha value is -1.06. The van der Waals surface area contributed by atoms with E-state index in [0.717, 1.165) is 17.8 Å². The normalized spacial score (nSPS) is 12.5. The maximum atomic E-state index is 5.62. The summed E-state index contributed by atoms with van der Waals surface area (Å²) in [4.78, 5) is 0. The first kappa shape index (κ1) is 11.0. The smallest absolute Gasteiger partial charge is 0.0715 e. The second-order valence-electron chi connectivity index (χ2n) is 3.29. The highest BCUT2D eigenvalue weighted by Crippen LogP contribution is 2.13. The average Bonchev–Trinajstić information content (AvgIpc) is 2.26. The summed E-state index contributed by atoms with van der Waals surface area (Å²) < 4.78 is 5.15. The van der Waals surface area contributed by atoms with Crippen molar-refractivity contribution in [2.75, 3.05) is 19.0 Å². The van der Waals surface area contributed by atoms with Gasteiger partial charge in [-0.3, -0.25) is 0 Å². The summed E-state index contributed by atoms with van der Waals surface area (Å²) in [6.45, 7) is 3.39. The zero-order chi connectivity index (χ0) is 10.4. The van der Waals surface area contributed by atoms with Crippen LogP contribution in [0.3, 0.4) is 0 Å². The number of para-hydroxylation sites is 1. The number of benzene rings is 1. The van der Waals surface area contributed by atoms with Gasteiger partial charge in [0.25, 0.3) is 0 Å². The van der Waals surface area contributed by atoms with E-state index in [-0.39, 0.29) is 6.10 Å². The van der Waals surface area contributed by atoms with Crippen LogP contribution in [0.4, 0.5) is 5.69 Å². The van der Waals surface area contributed by atoms with Crippen LogP contribution in [-0.2, 0) is 11.3 Å². The first-order valence-electron chi connectivity index (χ1n) is 4.82. The number of ether oxygens (including phenoxy) is 1. The monoisotopic (exact) mass is 194 g/mol. The van der Waals surface area contributed by atoms with E-state index in [1.807, 2.05) is 31.2 Å². The van der Waals surface area contributed by atoms with Gasteiger partial charge in [-0.2, -0.15) is 0 Å². The third-order valence-electron chi connectivity index (χ3n) is 2.22. The predicted octanol–water partition coefficient (Wildman–Crippen LogP) is 1.59. The Morgan fingerprint density at radius 3 is 2.79 bits per heavy atom. The molecule has 1 aromatic rings. The molecule has 1 unspecified atom stereocenters. The summed E-state index contributed by atoms with van der Waals surface area (Å²) in [6.07, 6.45) is 0.209. The van der Waals surface area contributed by atoms with Crippen LogP contribution in [-0.4, -0.2) is 19.8 Å². The highest BCUT2D eigenvalue weighted by molar-refractivity contribution is 5.50. The van der Waals surface area contributed by atoms with Crippen LogP contribution in [0.15, 0.2) is 24.3 Å². The average molecular weight is 194 g/mol. The molecule has 0 amide bonds. The number of hydrogen-bond donors (Lipinski definition) is 2. The van der Waals surface area contributed by atoms with Gasteiger partial charge >= 0.3 is 0 Å². The molecule has 0 radical (unpaired) electrons. The second-order valence-corrected chi connectivity index (χ2v) is 3.29. The van der Waals surface area contributed by atoms with E-state index in [0.29, 0.717) is 6.54 Å². The third-order valence-corrected chi connectivity index (χ3v) is 2.22. The molecule has 0 aromatic heterocycles. The molecule has 0 bridgehead atoms. The van der Waals surface area contributed by atoms with Gasteiger partial charge in [-0.05, 0) is 18.6 Å². The number of nitrogens with two attached hydrogens (primary N) is 1. The first-order chi connectivity index (χ1) is 6.77. The molecule has 0 fully saturated rings. The van der Waals surface area contributed by atoms with E-state index in [4.69, 9.17) is 10.5 Å². The zero-order valence-corrected chi connectivity index (χ0v) is 8.79. The summed E-state index contributed by atoms with van der Waals surface area (Å²) in [7, 11) is 1.71. The number of nitrogens with one attached hydrogen (secondary N) is 1. The lowest BCUT2D eigenvalue weighted by Crippen LogP contribution is -2.19. The van der Waals surface area contributed by atoms with E-state index in [1.54, 1.807) is 7.11 Å². The van der Waals surface area contributed by atoms with Crippen LogP contribution in [0, 0.1) is 0 Å². The third kappa shape index (κ3) is 3.01. The van der Waals surface area contributed by atoms with E-state index >= 15 is 0 Å². The van der Waals surface area contributed by atoms with Crippen molar-refractivity contribution in [1.29, 1.82) is 0 Å². The van der Waals surface area contributed by atoms with Crippen LogP contribution < -0.4 is 11.1 Å². The first-order valence-corrected chi connectivity index (χ1v) is 4.82. The molecule has 0 saturated heterocycles. The number of methoxy groups -OCH3 is 1. The fourth-order valence-corrected chi connectivity index (χ4v) is 1.21. The quantitative estimate of drug-likeness (QED) is 0.748. The Morgan fingerprint density at radius 1 is 1.43 bits per heavy atom. The molecular weight excluding hydrogens is 176 g/mol. The molecule has 3 nitrogen and oxygen atoms in total. The Bertz CT molecular complexity index is 276. The summed E-state index contributed by atoms with van der Waals surface area (Å²) in [5, 5.41) is 3.31. The van der Waals surface area contributed by atoms with Crippen molar-refractivity contribution in [1.82, 2.24) is 0 Å². The topological polar surface area (TPSA) is 47.3 Å². The van der Waals surface area contributed by atoms with E-state index in [9.17, 15) is 0 Å². The van der Waals surface area contributed by atoms with E-state index < -0.39 is 0 Å². The van der Waals surface area contributed by atoms with Crippen molar-refractivity contribution in [3.05, 3.63) is 29.8 Å². The van der Waals surface area contributed by atoms with Crippen molar-refractivity contribution >= 4 is 5.69 Å². The molecule has 1 atom stereocenters. The van der Waals surface area contributed by atoms with E-state index in [1.165, 1.54) is 0 Å². The molecule has 0 heterocycles. The number of rotatable bonds is 5. The number of anilines is 1. The lowest BCUT2D eigenvalue weighted by atomic mass is 10.2. The van der Waals surface area contributed by atoms with Crippen molar-refractivity contribution in [2.24, 2.45) is 5.73 Å². The molecule has 1 aromatic carbocycles. The fraction of sp³-hybridized carbons (Fsp3) is 0.455. The van der Waals surface area contributed by atoms with Gasteiger partial charge < -0.3 is 15.8 Å². The Morgan fingerprint density at radius 2 is 2.14 bits per heavy atom. The van der Waals surface area contributed by atoms with Crippen LogP contribution >= 0.6 is 0 Å². The van der Waals surface area contributed by atoms with Gasteiger partial charge in [-0.1, -0.05) is 18.2 Å². The van der Waals surface area contributed by atoms with Gasteiger partial charge in [-0.25, -0.2) is 0 Å². The van der Waals surface area contributed by atoms with Gasteiger partial charge in [0.15, 0.2) is 0 Å². The molecule has 78 valence electrons. The van der Waals surface area contributed by atoms with Gasteiger partial charge in [0.05, 0.1) is 6.10 Å². The minimum atomic E-state index is 0.209. The summed E-state index contributed by atoms with van der Waals surface area (Å²) in [6, 6.07) is 8.05. The largest absolute Gasteiger partial charge is 0.382 e. The minimum absolute atomic E-state index is 0.209. The molecular formula is C11H18N2O. The molecule has 3 heteroatoms. The van der Waals surface area contributed by atoms with Gasteiger partial charge in [-0.15, -0.1) is 0 Å². The highest BCUT2D eigenvalue weighted by atomic mass is 16.5. The molecule has 1 rings (SSSR count). The zero-order valence-electron chi connectivity index (χ0n) is 8.79. The van der Waals surface area contributed by atoms with Crippen LogP contribution in [0.2, 0.25) is 0 Å². The lowest BCUT2D eigenvalue weighted by molar-refractivity contribution is 0.129. The fourth-order valence-electron chi connectivity index (χ4n) is 1.21. The molecule has 0 aliphatic heterocycles. The van der Waals surface area contributed by atoms with Gasteiger partial charge in [0.1, 0.15) is 0 Å². The van der Waals surface area contributed by atoms with Crippen LogP contribution in [0.5, 0.6) is 0 Å². The summed E-state index contributed by atoms with van der Waals surface area (Å²) in [5.41, 5.74) is 7.85. The standard InChI is InChI=1S/C11H18N2O/c1-9(14-2)8-13-11-6-4-3-5-10(11)7-12/h3-6,9,13H,7-8,12H2,1-2H3. The SMILES string of the molecule is COC(C)CNc1ccccc1CN. The molecule has 0 saturated carbocycles. The van der Waals surface area contributed by atoms with Crippen LogP contribution in [0.1, 0.15) is 12.5 Å². The molecule has 0 aliphatic carbocycles. The summed E-state index contributed by atoms with van der Waals surface area (Å²) in [5.74, 6) is 0. The maximum absolute atomic E-state index is 5.62. The Kier molecular flexibility index (Phi) is 4.43.